The lowest BCUT2D eigenvalue weighted by atomic mass is 10.3. The normalized spacial score (nSPS) is 28.0. The van der Waals surface area contributed by atoms with Crippen LogP contribution in [0.2, 0.25) is 0 Å². The molecule has 0 bridgehead atoms. The number of hydrogen-bond acceptors (Lipinski definition) is 3. The Morgan fingerprint density at radius 3 is 2.58 bits per heavy atom. The van der Waals surface area contributed by atoms with Gasteiger partial charge in [0.1, 0.15) is 0 Å². The van der Waals surface area contributed by atoms with Crippen LogP contribution in [0.25, 0.3) is 0 Å². The zero-order valence-corrected chi connectivity index (χ0v) is 6.50. The van der Waals surface area contributed by atoms with Gasteiger partial charge in [0.25, 0.3) is 5.89 Å². The van der Waals surface area contributed by atoms with Crippen LogP contribution >= 0.6 is 0 Å². The summed E-state index contributed by atoms with van der Waals surface area (Å²) in [5.41, 5.74) is 0. The second kappa shape index (κ2) is 2.50. The van der Waals surface area contributed by atoms with Crippen LogP contribution in [0.3, 0.4) is 0 Å². The van der Waals surface area contributed by atoms with Gasteiger partial charge >= 0.3 is 6.43 Å². The molecule has 1 heterocycles. The number of aromatic nitrogens is 2. The summed E-state index contributed by atoms with van der Waals surface area (Å²) in [4.78, 5) is 0. The first-order valence-corrected chi connectivity index (χ1v) is 3.80. The van der Waals surface area contributed by atoms with Gasteiger partial charge < -0.3 is 4.42 Å². The van der Waals surface area contributed by atoms with Crippen LogP contribution in [0.4, 0.5) is 8.78 Å². The first-order chi connectivity index (χ1) is 5.68. The molecule has 0 radical (unpaired) electrons. The summed E-state index contributed by atoms with van der Waals surface area (Å²) >= 11 is 0. The van der Waals surface area contributed by atoms with Crippen LogP contribution in [0.5, 0.6) is 0 Å². The third-order valence-corrected chi connectivity index (χ3v) is 2.07. The van der Waals surface area contributed by atoms with Crippen LogP contribution in [0.1, 0.15) is 37.5 Å². The van der Waals surface area contributed by atoms with Crippen molar-refractivity contribution >= 4 is 0 Å². The molecule has 1 aromatic rings. The minimum absolute atomic E-state index is 0.213. The lowest BCUT2D eigenvalue weighted by Gasteiger charge is -1.88. The van der Waals surface area contributed by atoms with Crippen molar-refractivity contribution in [1.82, 2.24) is 10.2 Å². The van der Waals surface area contributed by atoms with Crippen molar-refractivity contribution in [3.63, 3.8) is 0 Å². The molecule has 1 aromatic heterocycles. The highest BCUT2D eigenvalue weighted by molar-refractivity contribution is 5.04. The van der Waals surface area contributed by atoms with Crippen molar-refractivity contribution in [1.29, 1.82) is 0 Å². The molecule has 1 aliphatic rings. The summed E-state index contributed by atoms with van der Waals surface area (Å²) in [6.45, 7) is 2.02. The van der Waals surface area contributed by atoms with Crippen molar-refractivity contribution in [3.8, 4) is 0 Å². The minimum atomic E-state index is -2.65. The van der Waals surface area contributed by atoms with Gasteiger partial charge in [0.2, 0.25) is 5.89 Å². The van der Waals surface area contributed by atoms with E-state index < -0.39 is 12.3 Å². The predicted octanol–water partition coefficient (Wildman–Crippen LogP) is 2.13. The fraction of sp³-hybridized carbons (Fsp3) is 0.714. The van der Waals surface area contributed by atoms with E-state index in [0.29, 0.717) is 11.8 Å². The maximum absolute atomic E-state index is 12.0. The largest absolute Gasteiger partial charge is 0.419 e. The molecule has 2 atom stereocenters. The second-order valence-corrected chi connectivity index (χ2v) is 3.10. The molecular weight excluding hydrogens is 166 g/mol. The van der Waals surface area contributed by atoms with E-state index in [0.717, 1.165) is 6.42 Å². The van der Waals surface area contributed by atoms with Crippen molar-refractivity contribution in [2.45, 2.75) is 25.7 Å². The summed E-state index contributed by atoms with van der Waals surface area (Å²) in [7, 11) is 0. The van der Waals surface area contributed by atoms with E-state index in [4.69, 9.17) is 4.42 Å². The summed E-state index contributed by atoms with van der Waals surface area (Å²) < 4.78 is 28.7. The fourth-order valence-corrected chi connectivity index (χ4v) is 1.15. The van der Waals surface area contributed by atoms with Crippen LogP contribution in [-0.2, 0) is 0 Å². The summed E-state index contributed by atoms with van der Waals surface area (Å²) in [5, 5.41) is 6.80. The van der Waals surface area contributed by atoms with E-state index >= 15 is 0 Å². The Morgan fingerprint density at radius 1 is 1.50 bits per heavy atom. The van der Waals surface area contributed by atoms with Gasteiger partial charge in [-0.1, -0.05) is 6.92 Å². The van der Waals surface area contributed by atoms with Gasteiger partial charge in [-0.05, 0) is 12.3 Å². The van der Waals surface area contributed by atoms with Crippen molar-refractivity contribution in [2.75, 3.05) is 0 Å². The summed E-state index contributed by atoms with van der Waals surface area (Å²) in [5.74, 6) is 0.503. The van der Waals surface area contributed by atoms with Crippen LogP contribution in [0.15, 0.2) is 4.42 Å². The Hall–Kier alpha value is -1.00. The van der Waals surface area contributed by atoms with E-state index in [2.05, 4.69) is 10.2 Å². The first-order valence-electron chi connectivity index (χ1n) is 3.80. The van der Waals surface area contributed by atoms with E-state index in [1.807, 2.05) is 6.92 Å². The zero-order chi connectivity index (χ0) is 8.72. The Labute approximate surface area is 67.8 Å². The maximum Gasteiger partial charge on any atom is 0.314 e. The maximum atomic E-state index is 12.0. The first kappa shape index (κ1) is 7.64. The van der Waals surface area contributed by atoms with E-state index in [-0.39, 0.29) is 5.92 Å². The molecule has 0 spiro atoms. The third kappa shape index (κ3) is 1.19. The van der Waals surface area contributed by atoms with Gasteiger partial charge in [-0.15, -0.1) is 10.2 Å². The molecule has 12 heavy (non-hydrogen) atoms. The quantitative estimate of drug-likeness (QED) is 0.689. The van der Waals surface area contributed by atoms with Gasteiger partial charge in [-0.25, -0.2) is 0 Å². The molecule has 2 unspecified atom stereocenters. The molecule has 0 N–H and O–H groups in total. The Balaban J connectivity index is 2.14. The van der Waals surface area contributed by atoms with Crippen molar-refractivity contribution in [2.24, 2.45) is 5.92 Å². The standard InChI is InChI=1S/C7H8F2N2O/c1-3-2-4(3)6-10-11-7(12-6)5(8)9/h3-5H,2H2,1H3. The highest BCUT2D eigenvalue weighted by atomic mass is 19.3. The van der Waals surface area contributed by atoms with Crippen LogP contribution in [0, 0.1) is 5.92 Å². The monoisotopic (exact) mass is 174 g/mol. The Bertz CT molecular complexity index is 287. The molecule has 1 fully saturated rings. The topological polar surface area (TPSA) is 38.9 Å². The number of nitrogens with zero attached hydrogens (tertiary/aromatic N) is 2. The van der Waals surface area contributed by atoms with E-state index in [9.17, 15) is 8.78 Å². The van der Waals surface area contributed by atoms with E-state index in [1.54, 1.807) is 0 Å². The molecule has 0 aromatic carbocycles. The third-order valence-electron chi connectivity index (χ3n) is 2.07. The Kier molecular flexibility index (Phi) is 1.59. The van der Waals surface area contributed by atoms with Crippen molar-refractivity contribution in [3.05, 3.63) is 11.8 Å². The molecule has 5 heteroatoms. The molecule has 1 saturated carbocycles. The number of alkyl halides is 2. The predicted molar refractivity (Wildman–Crippen MR) is 35.8 cm³/mol. The zero-order valence-electron chi connectivity index (χ0n) is 6.50. The minimum Gasteiger partial charge on any atom is -0.419 e. The highest BCUT2D eigenvalue weighted by Gasteiger charge is 2.39. The molecular formula is C7H8F2N2O. The van der Waals surface area contributed by atoms with Gasteiger partial charge in [-0.3, -0.25) is 0 Å². The molecule has 66 valence electrons. The van der Waals surface area contributed by atoms with Crippen LogP contribution in [-0.4, -0.2) is 10.2 Å². The Morgan fingerprint density at radius 2 is 2.17 bits per heavy atom. The van der Waals surface area contributed by atoms with Gasteiger partial charge in [-0.2, -0.15) is 8.78 Å². The molecule has 0 amide bonds. The lowest BCUT2D eigenvalue weighted by molar-refractivity contribution is 0.113. The molecule has 2 rings (SSSR count). The van der Waals surface area contributed by atoms with Crippen molar-refractivity contribution < 1.29 is 13.2 Å². The van der Waals surface area contributed by atoms with E-state index in [1.165, 1.54) is 0 Å². The molecule has 0 saturated heterocycles. The smallest absolute Gasteiger partial charge is 0.314 e. The lowest BCUT2D eigenvalue weighted by Crippen LogP contribution is -1.81. The number of halogens is 2. The molecule has 3 nitrogen and oxygen atoms in total. The van der Waals surface area contributed by atoms with Gasteiger partial charge in [0.05, 0.1) is 0 Å². The van der Waals surface area contributed by atoms with Gasteiger partial charge in [0, 0.05) is 5.92 Å². The number of rotatable bonds is 2. The average molecular weight is 174 g/mol. The van der Waals surface area contributed by atoms with Gasteiger partial charge in [0.15, 0.2) is 0 Å². The fourth-order valence-electron chi connectivity index (χ4n) is 1.15. The molecule has 0 aliphatic heterocycles. The highest BCUT2D eigenvalue weighted by Crippen LogP contribution is 2.46. The second-order valence-electron chi connectivity index (χ2n) is 3.10. The molecule has 1 aliphatic carbocycles. The SMILES string of the molecule is CC1CC1c1nnc(C(F)F)o1. The summed E-state index contributed by atoms with van der Waals surface area (Å²) in [6, 6.07) is 0. The number of hydrogen-bond donors (Lipinski definition) is 0. The average Bonchev–Trinajstić information content (AvgIpc) is 2.59. The van der Waals surface area contributed by atoms with Crippen LogP contribution < -0.4 is 0 Å². The summed E-state index contributed by atoms with van der Waals surface area (Å²) in [6.07, 6.45) is -1.69.